The van der Waals surface area contributed by atoms with Gasteiger partial charge in [0.1, 0.15) is 0 Å². The van der Waals surface area contributed by atoms with Crippen LogP contribution in [0.5, 0.6) is 0 Å². The van der Waals surface area contributed by atoms with Crippen LogP contribution in [0.25, 0.3) is 0 Å². The topological polar surface area (TPSA) is 102 Å². The molecule has 0 aromatic rings. The number of amides is 1. The number of methoxy groups -OCH3 is 1. The fourth-order valence-electron chi connectivity index (χ4n) is 0.996. The summed E-state index contributed by atoms with van der Waals surface area (Å²) in [6.07, 6.45) is 0.892. The first kappa shape index (κ1) is 13.9. The summed E-state index contributed by atoms with van der Waals surface area (Å²) in [5.41, 5.74) is 5.27. The van der Waals surface area contributed by atoms with E-state index < -0.39 is 12.1 Å². The summed E-state index contributed by atoms with van der Waals surface area (Å²) >= 11 is 0. The van der Waals surface area contributed by atoms with Crippen molar-refractivity contribution in [1.29, 1.82) is 0 Å². The number of ether oxygens (including phenoxy) is 1. The second-order valence-corrected chi connectivity index (χ2v) is 3.11. The zero-order chi connectivity index (χ0) is 11.7. The number of carbonyl (C=O) groups excluding carboxylic acids is 1. The average Bonchev–Trinajstić information content (AvgIpc) is 2.18. The number of rotatable bonds is 8. The molecule has 0 saturated carbocycles. The molecule has 0 radical (unpaired) electrons. The zero-order valence-corrected chi connectivity index (χ0v) is 8.86. The molecule has 0 heterocycles. The first-order chi connectivity index (χ1) is 7.11. The number of carboxylic acids is 1. The lowest BCUT2D eigenvalue weighted by Gasteiger charge is -2.11. The van der Waals surface area contributed by atoms with Crippen LogP contribution < -0.4 is 11.1 Å². The standard InChI is InChI=1S/C9H18N2O4/c1-15-7(9(13)14)6-11-8(12)4-2-3-5-10/h7H,2-6,10H2,1H3,(H,11,12)(H,13,14). The highest BCUT2D eigenvalue weighted by Crippen LogP contribution is 1.94. The summed E-state index contributed by atoms with van der Waals surface area (Å²) in [7, 11) is 1.29. The van der Waals surface area contributed by atoms with E-state index in [0.717, 1.165) is 6.42 Å². The van der Waals surface area contributed by atoms with Crippen molar-refractivity contribution in [2.24, 2.45) is 5.73 Å². The molecule has 0 aliphatic rings. The van der Waals surface area contributed by atoms with Gasteiger partial charge in [-0.3, -0.25) is 4.79 Å². The van der Waals surface area contributed by atoms with E-state index in [1.165, 1.54) is 7.11 Å². The molecular weight excluding hydrogens is 200 g/mol. The van der Waals surface area contributed by atoms with Crippen LogP contribution in [0.3, 0.4) is 0 Å². The third kappa shape index (κ3) is 6.87. The smallest absolute Gasteiger partial charge is 0.334 e. The van der Waals surface area contributed by atoms with Gasteiger partial charge in [0.2, 0.25) is 5.91 Å². The molecule has 0 bridgehead atoms. The summed E-state index contributed by atoms with van der Waals surface area (Å²) in [5, 5.41) is 11.1. The van der Waals surface area contributed by atoms with E-state index in [9.17, 15) is 9.59 Å². The molecule has 1 unspecified atom stereocenters. The van der Waals surface area contributed by atoms with Crippen LogP contribution in [0, 0.1) is 0 Å². The lowest BCUT2D eigenvalue weighted by molar-refractivity contribution is -0.148. The molecular formula is C9H18N2O4. The van der Waals surface area contributed by atoms with Crippen LogP contribution in [-0.4, -0.2) is 43.3 Å². The molecule has 6 nitrogen and oxygen atoms in total. The van der Waals surface area contributed by atoms with E-state index in [1.54, 1.807) is 0 Å². The van der Waals surface area contributed by atoms with Crippen LogP contribution in [-0.2, 0) is 14.3 Å². The number of hydrogen-bond acceptors (Lipinski definition) is 4. The highest BCUT2D eigenvalue weighted by molar-refractivity contribution is 5.78. The Morgan fingerprint density at radius 1 is 1.47 bits per heavy atom. The average molecular weight is 218 g/mol. The Morgan fingerprint density at radius 3 is 2.60 bits per heavy atom. The molecule has 0 aliphatic carbocycles. The van der Waals surface area contributed by atoms with E-state index in [2.05, 4.69) is 10.1 Å². The number of aliphatic carboxylic acids is 1. The second-order valence-electron chi connectivity index (χ2n) is 3.11. The molecule has 0 spiro atoms. The van der Waals surface area contributed by atoms with Gasteiger partial charge >= 0.3 is 5.97 Å². The molecule has 0 fully saturated rings. The van der Waals surface area contributed by atoms with E-state index in [0.29, 0.717) is 19.4 Å². The third-order valence-electron chi connectivity index (χ3n) is 1.90. The third-order valence-corrected chi connectivity index (χ3v) is 1.90. The van der Waals surface area contributed by atoms with Crippen LogP contribution in [0.15, 0.2) is 0 Å². The Kier molecular flexibility index (Phi) is 7.57. The summed E-state index contributed by atoms with van der Waals surface area (Å²) in [6.45, 7) is 0.552. The fraction of sp³-hybridized carbons (Fsp3) is 0.778. The van der Waals surface area contributed by atoms with Crippen molar-refractivity contribution in [2.75, 3.05) is 20.2 Å². The van der Waals surface area contributed by atoms with Gasteiger partial charge < -0.3 is 20.9 Å². The van der Waals surface area contributed by atoms with Crippen molar-refractivity contribution in [3.05, 3.63) is 0 Å². The van der Waals surface area contributed by atoms with Gasteiger partial charge in [-0.25, -0.2) is 4.79 Å². The maximum atomic E-state index is 11.2. The molecule has 15 heavy (non-hydrogen) atoms. The van der Waals surface area contributed by atoms with Gasteiger partial charge in [-0.15, -0.1) is 0 Å². The minimum absolute atomic E-state index is 0.00666. The summed E-state index contributed by atoms with van der Waals surface area (Å²) in [6, 6.07) is 0. The summed E-state index contributed by atoms with van der Waals surface area (Å²) < 4.78 is 4.65. The van der Waals surface area contributed by atoms with Gasteiger partial charge in [0.05, 0.1) is 6.54 Å². The maximum Gasteiger partial charge on any atom is 0.334 e. The lowest BCUT2D eigenvalue weighted by atomic mass is 10.2. The number of hydrogen-bond donors (Lipinski definition) is 3. The molecule has 1 amide bonds. The molecule has 0 aromatic heterocycles. The predicted molar refractivity (Wildman–Crippen MR) is 54.3 cm³/mol. The monoisotopic (exact) mass is 218 g/mol. The molecule has 88 valence electrons. The van der Waals surface area contributed by atoms with Crippen molar-refractivity contribution in [1.82, 2.24) is 5.32 Å². The van der Waals surface area contributed by atoms with Crippen molar-refractivity contribution >= 4 is 11.9 Å². The van der Waals surface area contributed by atoms with E-state index in [1.807, 2.05) is 0 Å². The molecule has 4 N–H and O–H groups in total. The number of nitrogens with two attached hydrogens (primary N) is 1. The largest absolute Gasteiger partial charge is 0.479 e. The highest BCUT2D eigenvalue weighted by Gasteiger charge is 2.16. The van der Waals surface area contributed by atoms with Crippen LogP contribution in [0.1, 0.15) is 19.3 Å². The second kappa shape index (κ2) is 8.19. The molecule has 0 rings (SSSR count). The van der Waals surface area contributed by atoms with Crippen molar-refractivity contribution in [3.63, 3.8) is 0 Å². The fourth-order valence-corrected chi connectivity index (χ4v) is 0.996. The minimum Gasteiger partial charge on any atom is -0.479 e. The minimum atomic E-state index is -1.08. The number of carbonyl (C=O) groups is 2. The molecule has 0 aromatic carbocycles. The Bertz CT molecular complexity index is 208. The van der Waals surface area contributed by atoms with E-state index >= 15 is 0 Å². The molecule has 1 atom stereocenters. The Balaban J connectivity index is 3.64. The van der Waals surface area contributed by atoms with Crippen LogP contribution >= 0.6 is 0 Å². The number of nitrogens with one attached hydrogen (secondary N) is 1. The van der Waals surface area contributed by atoms with Crippen LogP contribution in [0.4, 0.5) is 0 Å². The van der Waals surface area contributed by atoms with Gasteiger partial charge in [-0.2, -0.15) is 0 Å². The first-order valence-corrected chi connectivity index (χ1v) is 4.84. The Labute approximate surface area is 88.8 Å². The van der Waals surface area contributed by atoms with Gasteiger partial charge in [-0.05, 0) is 19.4 Å². The summed E-state index contributed by atoms with van der Waals surface area (Å²) in [5.74, 6) is -1.26. The zero-order valence-electron chi connectivity index (χ0n) is 8.86. The van der Waals surface area contributed by atoms with Gasteiger partial charge in [-0.1, -0.05) is 0 Å². The molecule has 6 heteroatoms. The Hall–Kier alpha value is -1.14. The van der Waals surface area contributed by atoms with E-state index in [4.69, 9.17) is 10.8 Å². The normalized spacial score (nSPS) is 12.1. The Morgan fingerprint density at radius 2 is 2.13 bits per heavy atom. The maximum absolute atomic E-state index is 11.2. The van der Waals surface area contributed by atoms with Crippen molar-refractivity contribution in [3.8, 4) is 0 Å². The summed E-state index contributed by atoms with van der Waals surface area (Å²) in [4.78, 5) is 21.7. The van der Waals surface area contributed by atoms with Crippen LogP contribution in [0.2, 0.25) is 0 Å². The van der Waals surface area contributed by atoms with Crippen molar-refractivity contribution < 1.29 is 19.4 Å². The lowest BCUT2D eigenvalue weighted by Crippen LogP contribution is -2.37. The van der Waals surface area contributed by atoms with Crippen molar-refractivity contribution in [2.45, 2.75) is 25.4 Å². The quantitative estimate of drug-likeness (QED) is 0.469. The van der Waals surface area contributed by atoms with Gasteiger partial charge in [0.25, 0.3) is 0 Å². The SMILES string of the molecule is COC(CNC(=O)CCCCN)C(=O)O. The predicted octanol–water partition coefficient (Wildman–Crippen LogP) is -0.669. The molecule has 0 aliphatic heterocycles. The number of carboxylic acid groups (broad SMARTS) is 1. The number of unbranched alkanes of at least 4 members (excludes halogenated alkanes) is 1. The first-order valence-electron chi connectivity index (χ1n) is 4.84. The van der Waals surface area contributed by atoms with E-state index in [-0.39, 0.29) is 12.5 Å². The van der Waals surface area contributed by atoms with Gasteiger partial charge in [0, 0.05) is 13.5 Å². The van der Waals surface area contributed by atoms with Gasteiger partial charge in [0.15, 0.2) is 6.10 Å². The molecule has 0 saturated heterocycles. The highest BCUT2D eigenvalue weighted by atomic mass is 16.5.